The number of hydrogen-bond donors (Lipinski definition) is 2. The molecule has 2 N–H and O–H groups in total. The van der Waals surface area contributed by atoms with Crippen molar-refractivity contribution in [1.82, 2.24) is 19.3 Å². The number of nitrogens with zero attached hydrogens (tertiary/aromatic N) is 3. The Morgan fingerprint density at radius 2 is 1.77 bits per heavy atom. The summed E-state index contributed by atoms with van der Waals surface area (Å²) in [5, 5.41) is 2.01. The van der Waals surface area contributed by atoms with Crippen LogP contribution >= 0.6 is 0 Å². The van der Waals surface area contributed by atoms with Gasteiger partial charge in [-0.1, -0.05) is 18.2 Å². The van der Waals surface area contributed by atoms with Gasteiger partial charge in [-0.3, -0.25) is 9.69 Å². The molecular formula is C24H23N5O. The van der Waals surface area contributed by atoms with Gasteiger partial charge in [-0.2, -0.15) is 0 Å². The summed E-state index contributed by atoms with van der Waals surface area (Å²) in [6.07, 6.45) is 4.16. The number of benzene rings is 2. The minimum atomic E-state index is -0.0321. The maximum atomic E-state index is 12.3. The van der Waals surface area contributed by atoms with Crippen LogP contribution in [0.1, 0.15) is 5.56 Å². The highest BCUT2D eigenvalue weighted by atomic mass is 16.1. The SMILES string of the molecule is O=c1[nH]c2cc(CN3CCN(c4cccc5[nH]ccc45)CC3)cn2c2ccccc12. The van der Waals surface area contributed by atoms with Gasteiger partial charge in [0, 0.05) is 61.7 Å². The smallest absolute Gasteiger partial charge is 0.258 e. The Hall–Kier alpha value is -3.51. The predicted molar refractivity (Wildman–Crippen MR) is 121 cm³/mol. The van der Waals surface area contributed by atoms with Gasteiger partial charge in [-0.05, 0) is 42.0 Å². The van der Waals surface area contributed by atoms with E-state index in [1.165, 1.54) is 22.2 Å². The van der Waals surface area contributed by atoms with Crippen LogP contribution < -0.4 is 10.5 Å². The van der Waals surface area contributed by atoms with Crippen LogP contribution in [0.3, 0.4) is 0 Å². The third kappa shape index (κ3) is 2.80. The fourth-order valence-electron chi connectivity index (χ4n) is 4.71. The van der Waals surface area contributed by atoms with E-state index in [9.17, 15) is 4.79 Å². The summed E-state index contributed by atoms with van der Waals surface area (Å²) in [4.78, 5) is 23.6. The first-order chi connectivity index (χ1) is 14.8. The van der Waals surface area contributed by atoms with Crippen molar-refractivity contribution in [3.8, 4) is 0 Å². The Balaban J connectivity index is 1.22. The third-order valence-corrected chi connectivity index (χ3v) is 6.22. The van der Waals surface area contributed by atoms with E-state index in [4.69, 9.17) is 0 Å². The van der Waals surface area contributed by atoms with Crippen molar-refractivity contribution in [2.45, 2.75) is 6.54 Å². The molecule has 2 aromatic carbocycles. The quantitative estimate of drug-likeness (QED) is 0.489. The van der Waals surface area contributed by atoms with Crippen LogP contribution in [0.4, 0.5) is 5.69 Å². The summed E-state index contributed by atoms with van der Waals surface area (Å²) in [5.74, 6) is 0. The molecule has 150 valence electrons. The molecular weight excluding hydrogens is 374 g/mol. The largest absolute Gasteiger partial charge is 0.368 e. The summed E-state index contributed by atoms with van der Waals surface area (Å²) >= 11 is 0. The van der Waals surface area contributed by atoms with Gasteiger partial charge in [0.15, 0.2) is 0 Å². The van der Waals surface area contributed by atoms with E-state index in [1.54, 1.807) is 0 Å². The highest BCUT2D eigenvalue weighted by Gasteiger charge is 2.19. The Morgan fingerprint density at radius 1 is 0.900 bits per heavy atom. The number of nitrogens with one attached hydrogen (secondary N) is 2. The molecule has 6 heteroatoms. The van der Waals surface area contributed by atoms with Crippen molar-refractivity contribution in [1.29, 1.82) is 0 Å². The number of aromatic nitrogens is 3. The highest BCUT2D eigenvalue weighted by molar-refractivity contribution is 5.92. The van der Waals surface area contributed by atoms with Gasteiger partial charge >= 0.3 is 0 Å². The number of para-hydroxylation sites is 1. The molecule has 3 aromatic heterocycles. The van der Waals surface area contributed by atoms with Crippen molar-refractivity contribution < 1.29 is 0 Å². The van der Waals surface area contributed by atoms with Gasteiger partial charge in [0.05, 0.1) is 10.9 Å². The van der Waals surface area contributed by atoms with Crippen LogP contribution in [-0.2, 0) is 6.54 Å². The van der Waals surface area contributed by atoms with Gasteiger partial charge in [0.1, 0.15) is 5.65 Å². The molecule has 1 fully saturated rings. The molecule has 0 aliphatic carbocycles. The number of fused-ring (bicyclic) bond motifs is 4. The second-order valence-corrected chi connectivity index (χ2v) is 8.05. The van der Waals surface area contributed by atoms with Crippen LogP contribution in [0.25, 0.3) is 27.5 Å². The van der Waals surface area contributed by atoms with Crippen LogP contribution in [0, 0.1) is 0 Å². The van der Waals surface area contributed by atoms with Crippen molar-refractivity contribution in [3.63, 3.8) is 0 Å². The van der Waals surface area contributed by atoms with Crippen molar-refractivity contribution >= 4 is 33.1 Å². The lowest BCUT2D eigenvalue weighted by Gasteiger charge is -2.36. The first-order valence-corrected chi connectivity index (χ1v) is 10.4. The third-order valence-electron chi connectivity index (χ3n) is 6.22. The number of piperazine rings is 1. The summed E-state index contributed by atoms with van der Waals surface area (Å²) in [6.45, 7) is 4.95. The van der Waals surface area contributed by atoms with Crippen molar-refractivity contribution in [2.75, 3.05) is 31.1 Å². The van der Waals surface area contributed by atoms with E-state index in [0.717, 1.165) is 49.3 Å². The van der Waals surface area contributed by atoms with E-state index in [2.05, 4.69) is 60.7 Å². The zero-order chi connectivity index (χ0) is 20.1. The average Bonchev–Trinajstić information content (AvgIpc) is 3.41. The summed E-state index contributed by atoms with van der Waals surface area (Å²) in [5.41, 5.74) is 5.50. The van der Waals surface area contributed by atoms with Gasteiger partial charge in [-0.15, -0.1) is 0 Å². The molecule has 0 unspecified atom stereocenters. The minimum absolute atomic E-state index is 0.0321. The monoisotopic (exact) mass is 397 g/mol. The maximum Gasteiger partial charge on any atom is 0.258 e. The molecule has 0 bridgehead atoms. The molecule has 6 nitrogen and oxygen atoms in total. The fourth-order valence-corrected chi connectivity index (χ4v) is 4.71. The molecule has 0 saturated carbocycles. The standard InChI is InChI=1S/C24H23N5O/c30-24-19-4-1-2-6-22(19)29-16-17(14-23(29)26-24)15-27-10-12-28(13-11-27)21-7-3-5-20-18(21)8-9-25-20/h1-9,14,16,25H,10-13,15H2,(H,26,30). The molecule has 1 saturated heterocycles. The lowest BCUT2D eigenvalue weighted by Crippen LogP contribution is -2.46. The number of rotatable bonds is 3. The van der Waals surface area contributed by atoms with Crippen LogP contribution in [0.2, 0.25) is 0 Å². The van der Waals surface area contributed by atoms with Crippen LogP contribution in [-0.4, -0.2) is 45.4 Å². The van der Waals surface area contributed by atoms with Gasteiger partial charge in [0.2, 0.25) is 0 Å². The molecule has 1 aliphatic rings. The lowest BCUT2D eigenvalue weighted by atomic mass is 10.1. The van der Waals surface area contributed by atoms with Gasteiger partial charge in [0.25, 0.3) is 5.56 Å². The molecule has 4 heterocycles. The Labute approximate surface area is 173 Å². The molecule has 1 aliphatic heterocycles. The van der Waals surface area contributed by atoms with E-state index >= 15 is 0 Å². The number of anilines is 1. The molecule has 0 spiro atoms. The first-order valence-electron chi connectivity index (χ1n) is 10.4. The van der Waals surface area contributed by atoms with E-state index < -0.39 is 0 Å². The predicted octanol–water partition coefficient (Wildman–Crippen LogP) is 3.58. The minimum Gasteiger partial charge on any atom is -0.368 e. The molecule has 0 amide bonds. The summed E-state index contributed by atoms with van der Waals surface area (Å²) in [7, 11) is 0. The van der Waals surface area contributed by atoms with Crippen LogP contribution in [0.5, 0.6) is 0 Å². The summed E-state index contributed by atoms with van der Waals surface area (Å²) < 4.78 is 2.09. The average molecular weight is 397 g/mol. The highest BCUT2D eigenvalue weighted by Crippen LogP contribution is 2.27. The first kappa shape index (κ1) is 17.4. The number of hydrogen-bond acceptors (Lipinski definition) is 3. The van der Waals surface area contributed by atoms with E-state index in [1.807, 2.05) is 30.5 Å². The Kier molecular flexibility index (Phi) is 3.92. The molecule has 30 heavy (non-hydrogen) atoms. The lowest BCUT2D eigenvalue weighted by molar-refractivity contribution is 0.250. The van der Waals surface area contributed by atoms with Crippen molar-refractivity contribution in [3.05, 3.63) is 82.9 Å². The van der Waals surface area contributed by atoms with Crippen molar-refractivity contribution in [2.24, 2.45) is 0 Å². The topological polar surface area (TPSA) is 59.5 Å². The zero-order valence-corrected chi connectivity index (χ0v) is 16.6. The van der Waals surface area contributed by atoms with E-state index in [0.29, 0.717) is 0 Å². The molecule has 0 atom stereocenters. The fraction of sp³-hybridized carbons (Fsp3) is 0.208. The normalized spacial score (nSPS) is 15.5. The Morgan fingerprint density at radius 3 is 2.67 bits per heavy atom. The maximum absolute atomic E-state index is 12.3. The second-order valence-electron chi connectivity index (χ2n) is 8.05. The number of aromatic amines is 2. The molecule has 6 rings (SSSR count). The van der Waals surface area contributed by atoms with Gasteiger partial charge in [-0.25, -0.2) is 0 Å². The second kappa shape index (κ2) is 6.78. The molecule has 5 aromatic rings. The molecule has 0 radical (unpaired) electrons. The Bertz CT molecular complexity index is 1420. The zero-order valence-electron chi connectivity index (χ0n) is 16.6. The summed E-state index contributed by atoms with van der Waals surface area (Å²) in [6, 6.07) is 18.5. The number of H-pyrrole nitrogens is 2. The van der Waals surface area contributed by atoms with Gasteiger partial charge < -0.3 is 19.3 Å². The van der Waals surface area contributed by atoms with E-state index in [-0.39, 0.29) is 5.56 Å². The van der Waals surface area contributed by atoms with Crippen LogP contribution in [0.15, 0.2) is 71.8 Å².